The Hall–Kier alpha value is -2.31. The second-order valence-corrected chi connectivity index (χ2v) is 6.66. The molecule has 0 fully saturated rings. The van der Waals surface area contributed by atoms with Gasteiger partial charge in [0.15, 0.2) is 5.65 Å². The Balaban J connectivity index is 1.72. The van der Waals surface area contributed by atoms with E-state index in [-0.39, 0.29) is 12.0 Å². The summed E-state index contributed by atoms with van der Waals surface area (Å²) in [5.74, 6) is 0.461. The molecule has 0 radical (unpaired) electrons. The first-order valence-electron chi connectivity index (χ1n) is 8.15. The average molecular weight is 393 g/mol. The molecule has 0 aliphatic heterocycles. The molecule has 0 spiro atoms. The predicted molar refractivity (Wildman–Crippen MR) is 101 cm³/mol. The number of amides is 1. The molecular formula is C18H18Cl2N4O2. The van der Waals surface area contributed by atoms with Gasteiger partial charge in [0.2, 0.25) is 0 Å². The van der Waals surface area contributed by atoms with Crippen LogP contribution in [0.1, 0.15) is 23.8 Å². The van der Waals surface area contributed by atoms with E-state index in [4.69, 9.17) is 27.9 Å². The van der Waals surface area contributed by atoms with Crippen molar-refractivity contribution in [1.82, 2.24) is 19.5 Å². The summed E-state index contributed by atoms with van der Waals surface area (Å²) < 4.78 is 7.48. The standard InChI is InChI=1S/C18H18Cl2N4O2/c1-3-12(26-13-4-5-14(19)15(20)10-13)11-23(2)18(25)16-6-8-21-17-7-9-22-24(16)17/h4-10,12H,3,11H2,1-2H3. The van der Waals surface area contributed by atoms with E-state index in [1.165, 1.54) is 4.52 Å². The van der Waals surface area contributed by atoms with E-state index in [1.54, 1.807) is 54.7 Å². The number of rotatable bonds is 6. The van der Waals surface area contributed by atoms with E-state index in [2.05, 4.69) is 10.1 Å². The van der Waals surface area contributed by atoms with Crippen molar-refractivity contribution in [3.63, 3.8) is 0 Å². The van der Waals surface area contributed by atoms with Gasteiger partial charge in [-0.2, -0.15) is 5.10 Å². The van der Waals surface area contributed by atoms with Crippen LogP contribution < -0.4 is 4.74 Å². The largest absolute Gasteiger partial charge is 0.489 e. The fourth-order valence-corrected chi connectivity index (χ4v) is 2.86. The number of likely N-dealkylation sites (N-methyl/N-ethyl adjacent to an activating group) is 1. The number of hydrogen-bond acceptors (Lipinski definition) is 4. The van der Waals surface area contributed by atoms with E-state index < -0.39 is 0 Å². The monoisotopic (exact) mass is 392 g/mol. The van der Waals surface area contributed by atoms with Crippen molar-refractivity contribution in [2.24, 2.45) is 0 Å². The topological polar surface area (TPSA) is 59.7 Å². The molecule has 0 aliphatic rings. The molecule has 8 heteroatoms. The van der Waals surface area contributed by atoms with E-state index >= 15 is 0 Å². The molecule has 0 saturated carbocycles. The third-order valence-electron chi connectivity index (χ3n) is 3.98. The highest BCUT2D eigenvalue weighted by Crippen LogP contribution is 2.27. The Morgan fingerprint density at radius 1 is 1.23 bits per heavy atom. The normalized spacial score (nSPS) is 12.2. The van der Waals surface area contributed by atoms with Crippen LogP contribution in [0.3, 0.4) is 0 Å². The quantitative estimate of drug-likeness (QED) is 0.636. The van der Waals surface area contributed by atoms with Crippen LogP contribution in [0.15, 0.2) is 42.7 Å². The van der Waals surface area contributed by atoms with Gasteiger partial charge in [-0.3, -0.25) is 4.79 Å². The zero-order chi connectivity index (χ0) is 18.7. The van der Waals surface area contributed by atoms with Crippen molar-refractivity contribution in [3.05, 3.63) is 58.5 Å². The lowest BCUT2D eigenvalue weighted by Gasteiger charge is -2.24. The number of fused-ring (bicyclic) bond motifs is 1. The van der Waals surface area contributed by atoms with Crippen molar-refractivity contribution in [2.75, 3.05) is 13.6 Å². The summed E-state index contributed by atoms with van der Waals surface area (Å²) in [5.41, 5.74) is 1.08. The molecule has 6 nitrogen and oxygen atoms in total. The van der Waals surface area contributed by atoms with Crippen LogP contribution in [-0.4, -0.2) is 45.1 Å². The lowest BCUT2D eigenvalue weighted by atomic mass is 10.2. The maximum Gasteiger partial charge on any atom is 0.272 e. The van der Waals surface area contributed by atoms with Gasteiger partial charge in [-0.15, -0.1) is 0 Å². The third-order valence-corrected chi connectivity index (χ3v) is 4.72. The van der Waals surface area contributed by atoms with Crippen LogP contribution in [0, 0.1) is 0 Å². The first-order valence-corrected chi connectivity index (χ1v) is 8.91. The average Bonchev–Trinajstić information content (AvgIpc) is 3.12. The van der Waals surface area contributed by atoms with E-state index in [1.807, 2.05) is 6.92 Å². The molecule has 0 bridgehead atoms. The number of halogens is 2. The zero-order valence-corrected chi connectivity index (χ0v) is 15.9. The Bertz CT molecular complexity index is 928. The second kappa shape index (κ2) is 7.93. The van der Waals surface area contributed by atoms with Crippen molar-refractivity contribution in [3.8, 4) is 5.75 Å². The van der Waals surface area contributed by atoms with Crippen LogP contribution in [0.2, 0.25) is 10.0 Å². The van der Waals surface area contributed by atoms with Gasteiger partial charge in [0.05, 0.1) is 22.8 Å². The number of nitrogens with zero attached hydrogens (tertiary/aromatic N) is 4. The maximum absolute atomic E-state index is 12.8. The number of carbonyl (C=O) groups is 1. The summed E-state index contributed by atoms with van der Waals surface area (Å²) in [6, 6.07) is 8.52. The molecule has 1 aromatic carbocycles. The van der Waals surface area contributed by atoms with Gasteiger partial charge in [-0.1, -0.05) is 30.1 Å². The Morgan fingerprint density at radius 3 is 2.77 bits per heavy atom. The second-order valence-electron chi connectivity index (χ2n) is 5.84. The highest BCUT2D eigenvalue weighted by Gasteiger charge is 2.20. The number of carbonyl (C=O) groups excluding carboxylic acids is 1. The van der Waals surface area contributed by atoms with Crippen LogP contribution in [0.4, 0.5) is 0 Å². The minimum absolute atomic E-state index is 0.155. The highest BCUT2D eigenvalue weighted by atomic mass is 35.5. The summed E-state index contributed by atoms with van der Waals surface area (Å²) in [4.78, 5) is 18.6. The molecule has 1 amide bonds. The lowest BCUT2D eigenvalue weighted by molar-refractivity contribution is 0.0700. The van der Waals surface area contributed by atoms with Crippen LogP contribution in [0.25, 0.3) is 5.65 Å². The number of hydrogen-bond donors (Lipinski definition) is 0. The van der Waals surface area contributed by atoms with Gasteiger partial charge in [-0.05, 0) is 24.6 Å². The molecule has 2 aromatic heterocycles. The summed E-state index contributed by atoms with van der Waals surface area (Å²) in [5, 5.41) is 5.06. The molecule has 0 saturated heterocycles. The Morgan fingerprint density at radius 2 is 2.04 bits per heavy atom. The molecule has 26 heavy (non-hydrogen) atoms. The predicted octanol–water partition coefficient (Wildman–Crippen LogP) is 3.97. The molecule has 1 unspecified atom stereocenters. The van der Waals surface area contributed by atoms with Crippen molar-refractivity contribution in [1.29, 1.82) is 0 Å². The number of benzene rings is 1. The maximum atomic E-state index is 12.8. The Labute approximate surface area is 161 Å². The molecule has 3 rings (SSSR count). The highest BCUT2D eigenvalue weighted by molar-refractivity contribution is 6.42. The van der Waals surface area contributed by atoms with Crippen molar-refractivity contribution >= 4 is 34.8 Å². The summed E-state index contributed by atoms with van der Waals surface area (Å²) in [6.07, 6.45) is 3.75. The molecule has 3 aromatic rings. The van der Waals surface area contributed by atoms with E-state index in [0.717, 1.165) is 6.42 Å². The fourth-order valence-electron chi connectivity index (χ4n) is 2.57. The minimum Gasteiger partial charge on any atom is -0.489 e. The molecule has 0 aliphatic carbocycles. The van der Waals surface area contributed by atoms with Gasteiger partial charge in [0.25, 0.3) is 5.91 Å². The fraction of sp³-hybridized carbons (Fsp3) is 0.278. The van der Waals surface area contributed by atoms with E-state index in [0.29, 0.717) is 33.7 Å². The number of aromatic nitrogens is 3. The molecule has 2 heterocycles. The summed E-state index contributed by atoms with van der Waals surface area (Å²) in [6.45, 7) is 2.42. The SMILES string of the molecule is CCC(CN(C)C(=O)c1ccnc2ccnn12)Oc1ccc(Cl)c(Cl)c1. The van der Waals surface area contributed by atoms with Crippen LogP contribution in [0.5, 0.6) is 5.75 Å². The molecule has 0 N–H and O–H groups in total. The Kier molecular flexibility index (Phi) is 5.64. The van der Waals surface area contributed by atoms with Gasteiger partial charge >= 0.3 is 0 Å². The van der Waals surface area contributed by atoms with Crippen molar-refractivity contribution < 1.29 is 9.53 Å². The van der Waals surface area contributed by atoms with Crippen LogP contribution >= 0.6 is 23.2 Å². The van der Waals surface area contributed by atoms with E-state index in [9.17, 15) is 4.79 Å². The smallest absolute Gasteiger partial charge is 0.272 e. The molecule has 1 atom stereocenters. The number of ether oxygens (including phenoxy) is 1. The van der Waals surface area contributed by atoms with Gasteiger partial charge in [-0.25, -0.2) is 9.50 Å². The van der Waals surface area contributed by atoms with Gasteiger partial charge < -0.3 is 9.64 Å². The molecule has 136 valence electrons. The van der Waals surface area contributed by atoms with Gasteiger partial charge in [0.1, 0.15) is 17.5 Å². The third kappa shape index (κ3) is 3.92. The summed E-state index contributed by atoms with van der Waals surface area (Å²) >= 11 is 12.0. The summed E-state index contributed by atoms with van der Waals surface area (Å²) in [7, 11) is 1.74. The molecular weight excluding hydrogens is 375 g/mol. The first kappa shape index (κ1) is 18.5. The lowest BCUT2D eigenvalue weighted by Crippen LogP contribution is -2.37. The first-order chi connectivity index (χ1) is 12.5. The van der Waals surface area contributed by atoms with Crippen LogP contribution in [-0.2, 0) is 0 Å². The van der Waals surface area contributed by atoms with Crippen molar-refractivity contribution in [2.45, 2.75) is 19.4 Å². The minimum atomic E-state index is -0.184. The van der Waals surface area contributed by atoms with Gasteiger partial charge in [0, 0.05) is 25.4 Å². The zero-order valence-electron chi connectivity index (χ0n) is 14.4.